The van der Waals surface area contributed by atoms with Crippen molar-refractivity contribution in [1.29, 1.82) is 0 Å². The fraction of sp³-hybridized carbons (Fsp3) is 1.00. The molecule has 0 N–H and O–H groups in total. The predicted molar refractivity (Wildman–Crippen MR) is 103 cm³/mol. The summed E-state index contributed by atoms with van der Waals surface area (Å²) in [6.45, 7) is 24.5. The molecular weight excluding hydrogens is 264 g/mol. The van der Waals surface area contributed by atoms with Crippen LogP contribution in [0.25, 0.3) is 0 Å². The highest BCUT2D eigenvalue weighted by Gasteiger charge is 2.28. The second-order valence-corrected chi connectivity index (χ2v) is 8.78. The molecule has 8 unspecified atom stereocenters. The van der Waals surface area contributed by atoms with E-state index in [2.05, 4.69) is 69.2 Å². The fourth-order valence-corrected chi connectivity index (χ4v) is 4.18. The highest BCUT2D eigenvalue weighted by Crippen LogP contribution is 2.37. The van der Waals surface area contributed by atoms with Gasteiger partial charge in [0.1, 0.15) is 0 Å². The van der Waals surface area contributed by atoms with E-state index in [0.717, 1.165) is 47.3 Å². The van der Waals surface area contributed by atoms with E-state index in [1.54, 1.807) is 0 Å². The Balaban J connectivity index is 4.53. The van der Waals surface area contributed by atoms with Crippen molar-refractivity contribution >= 4 is 0 Å². The van der Waals surface area contributed by atoms with Crippen LogP contribution < -0.4 is 0 Å². The largest absolute Gasteiger partial charge is 0.0654 e. The molecule has 0 rings (SSSR count). The Morgan fingerprint density at radius 1 is 0.500 bits per heavy atom. The number of hydrogen-bond donors (Lipinski definition) is 0. The molecule has 0 spiro atoms. The summed E-state index contributed by atoms with van der Waals surface area (Å²) >= 11 is 0. The van der Waals surface area contributed by atoms with E-state index >= 15 is 0 Å². The van der Waals surface area contributed by atoms with Gasteiger partial charge in [-0.05, 0) is 53.8 Å². The van der Waals surface area contributed by atoms with Gasteiger partial charge in [0.25, 0.3) is 0 Å². The Kier molecular flexibility index (Phi) is 10.7. The second-order valence-electron chi connectivity index (χ2n) is 8.78. The molecule has 134 valence electrons. The van der Waals surface area contributed by atoms with Crippen LogP contribution in [-0.4, -0.2) is 0 Å². The maximum Gasteiger partial charge on any atom is -0.0386 e. The summed E-state index contributed by atoms with van der Waals surface area (Å²) in [5.41, 5.74) is 0. The minimum absolute atomic E-state index is 0.833. The molecule has 0 fully saturated rings. The van der Waals surface area contributed by atoms with Gasteiger partial charge in [-0.3, -0.25) is 0 Å². The van der Waals surface area contributed by atoms with Gasteiger partial charge in [-0.15, -0.1) is 0 Å². The maximum absolute atomic E-state index is 2.50. The second kappa shape index (κ2) is 10.7. The zero-order chi connectivity index (χ0) is 17.4. The van der Waals surface area contributed by atoms with E-state index in [-0.39, 0.29) is 0 Å². The summed E-state index contributed by atoms with van der Waals surface area (Å²) in [5.74, 6) is 6.79. The molecule has 0 saturated heterocycles. The zero-order valence-electron chi connectivity index (χ0n) is 17.4. The molecule has 0 aliphatic rings. The molecule has 0 bridgehead atoms. The minimum atomic E-state index is 0.833. The van der Waals surface area contributed by atoms with Crippen molar-refractivity contribution in [2.24, 2.45) is 47.3 Å². The van der Waals surface area contributed by atoms with Crippen molar-refractivity contribution in [2.75, 3.05) is 0 Å². The van der Waals surface area contributed by atoms with Crippen LogP contribution in [0.15, 0.2) is 0 Å². The van der Waals surface area contributed by atoms with Crippen molar-refractivity contribution in [3.05, 3.63) is 0 Å². The highest BCUT2D eigenvalue weighted by atomic mass is 14.3. The summed E-state index contributed by atoms with van der Waals surface area (Å²) in [6, 6.07) is 0. The molecule has 0 aliphatic carbocycles. The van der Waals surface area contributed by atoms with Crippen LogP contribution in [0.3, 0.4) is 0 Å². The topological polar surface area (TPSA) is 0 Å². The van der Waals surface area contributed by atoms with E-state index in [1.807, 2.05) is 0 Å². The van der Waals surface area contributed by atoms with Gasteiger partial charge in [-0.1, -0.05) is 88.5 Å². The van der Waals surface area contributed by atoms with E-state index in [0.29, 0.717) is 0 Å². The van der Waals surface area contributed by atoms with Gasteiger partial charge in [0.15, 0.2) is 0 Å². The summed E-state index contributed by atoms with van der Waals surface area (Å²) in [4.78, 5) is 0. The first-order valence-corrected chi connectivity index (χ1v) is 10.2. The molecule has 8 atom stereocenters. The molecule has 22 heavy (non-hydrogen) atoms. The van der Waals surface area contributed by atoms with Crippen LogP contribution in [0.5, 0.6) is 0 Å². The van der Waals surface area contributed by atoms with Gasteiger partial charge in [-0.25, -0.2) is 0 Å². The van der Waals surface area contributed by atoms with Gasteiger partial charge >= 0.3 is 0 Å². The van der Waals surface area contributed by atoms with Crippen LogP contribution in [0, 0.1) is 47.3 Å². The fourth-order valence-electron chi connectivity index (χ4n) is 4.18. The Hall–Kier alpha value is 0. The smallest absolute Gasteiger partial charge is 0.0386 e. The molecule has 0 saturated carbocycles. The van der Waals surface area contributed by atoms with Crippen molar-refractivity contribution in [2.45, 2.75) is 94.9 Å². The Labute approximate surface area is 142 Å². The van der Waals surface area contributed by atoms with E-state index in [9.17, 15) is 0 Å². The average Bonchev–Trinajstić information content (AvgIpc) is 2.50. The molecule has 0 radical (unpaired) electrons. The van der Waals surface area contributed by atoms with Crippen LogP contribution >= 0.6 is 0 Å². The summed E-state index contributed by atoms with van der Waals surface area (Å²) in [7, 11) is 0. The maximum atomic E-state index is 2.50. The molecule has 0 heteroatoms. The monoisotopic (exact) mass is 310 g/mol. The molecule has 0 amide bonds. The van der Waals surface area contributed by atoms with Gasteiger partial charge in [-0.2, -0.15) is 0 Å². The molecule has 0 nitrogen and oxygen atoms in total. The lowest BCUT2D eigenvalue weighted by atomic mass is 9.70. The SMILES string of the molecule is CCCC(C)C(C)C(C)CC(C)C(C)C(C)C(C)C(C)CC. The average molecular weight is 311 g/mol. The molecule has 0 heterocycles. The van der Waals surface area contributed by atoms with Crippen LogP contribution in [0.1, 0.15) is 94.9 Å². The number of rotatable bonds is 11. The van der Waals surface area contributed by atoms with Crippen LogP contribution in [0.4, 0.5) is 0 Å². The standard InChI is InChI=1S/C22H46/c1-11-13-16(4)19(7)17(5)14-18(6)21(9)22(10)20(8)15(3)12-2/h15-22H,11-14H2,1-10H3. The summed E-state index contributed by atoms with van der Waals surface area (Å²) in [5, 5.41) is 0. The first kappa shape index (κ1) is 22.0. The third-order valence-corrected chi connectivity index (χ3v) is 7.38. The first-order valence-electron chi connectivity index (χ1n) is 10.2. The van der Waals surface area contributed by atoms with Gasteiger partial charge in [0.2, 0.25) is 0 Å². The molecule has 0 aliphatic heterocycles. The lowest BCUT2D eigenvalue weighted by Gasteiger charge is -2.36. The van der Waals surface area contributed by atoms with Crippen molar-refractivity contribution < 1.29 is 0 Å². The third-order valence-electron chi connectivity index (χ3n) is 7.38. The van der Waals surface area contributed by atoms with E-state index < -0.39 is 0 Å². The van der Waals surface area contributed by atoms with E-state index in [4.69, 9.17) is 0 Å². The lowest BCUT2D eigenvalue weighted by molar-refractivity contribution is 0.136. The molecular formula is C22H46. The number of hydrogen-bond acceptors (Lipinski definition) is 0. The van der Waals surface area contributed by atoms with Crippen molar-refractivity contribution in [1.82, 2.24) is 0 Å². The normalized spacial score (nSPS) is 23.2. The summed E-state index contributed by atoms with van der Waals surface area (Å²) in [6.07, 6.45) is 5.42. The van der Waals surface area contributed by atoms with Crippen molar-refractivity contribution in [3.63, 3.8) is 0 Å². The molecule has 0 aromatic heterocycles. The van der Waals surface area contributed by atoms with Gasteiger partial charge in [0.05, 0.1) is 0 Å². The van der Waals surface area contributed by atoms with Crippen molar-refractivity contribution in [3.8, 4) is 0 Å². The van der Waals surface area contributed by atoms with Crippen LogP contribution in [0.2, 0.25) is 0 Å². The van der Waals surface area contributed by atoms with Crippen LogP contribution in [-0.2, 0) is 0 Å². The van der Waals surface area contributed by atoms with E-state index in [1.165, 1.54) is 25.7 Å². The lowest BCUT2D eigenvalue weighted by Crippen LogP contribution is -2.28. The molecule has 0 aromatic carbocycles. The minimum Gasteiger partial charge on any atom is -0.0654 e. The zero-order valence-corrected chi connectivity index (χ0v) is 17.4. The van der Waals surface area contributed by atoms with Gasteiger partial charge in [0, 0.05) is 0 Å². The third kappa shape index (κ3) is 6.63. The Bertz CT molecular complexity index is 269. The van der Waals surface area contributed by atoms with Gasteiger partial charge < -0.3 is 0 Å². The summed E-state index contributed by atoms with van der Waals surface area (Å²) < 4.78 is 0. The predicted octanol–water partition coefficient (Wildman–Crippen LogP) is 7.68. The highest BCUT2D eigenvalue weighted by molar-refractivity contribution is 4.78. The molecule has 0 aromatic rings. The Morgan fingerprint density at radius 3 is 1.41 bits per heavy atom. The quantitative estimate of drug-likeness (QED) is 0.367. The first-order chi connectivity index (χ1) is 10.2. The Morgan fingerprint density at radius 2 is 0.955 bits per heavy atom.